The molecule has 0 aromatic heterocycles. The van der Waals surface area contributed by atoms with Gasteiger partial charge in [-0.25, -0.2) is 4.39 Å². The fraction of sp³-hybridized carbons (Fsp3) is 0.364. The number of hydrogen-bond donors (Lipinski definition) is 2. The van der Waals surface area contributed by atoms with Gasteiger partial charge in [0.1, 0.15) is 11.6 Å². The Morgan fingerprint density at radius 2 is 1.79 bits per heavy atom. The minimum atomic E-state index is -0.337. The van der Waals surface area contributed by atoms with Crippen LogP contribution in [0.15, 0.2) is 42.5 Å². The van der Waals surface area contributed by atoms with Gasteiger partial charge in [0.05, 0.1) is 26.2 Å². The molecular formula is C22H27FN3O3+. The zero-order valence-electron chi connectivity index (χ0n) is 16.8. The van der Waals surface area contributed by atoms with Crippen LogP contribution in [-0.2, 0) is 9.59 Å². The normalized spacial score (nSPS) is 14.5. The second-order valence-electron chi connectivity index (χ2n) is 7.42. The van der Waals surface area contributed by atoms with Gasteiger partial charge in [0.25, 0.3) is 11.8 Å². The first kappa shape index (κ1) is 20.8. The van der Waals surface area contributed by atoms with Crippen molar-refractivity contribution in [2.75, 3.05) is 44.6 Å². The van der Waals surface area contributed by atoms with Crippen LogP contribution >= 0.6 is 0 Å². The van der Waals surface area contributed by atoms with Crippen LogP contribution in [0.3, 0.4) is 0 Å². The third-order valence-corrected chi connectivity index (χ3v) is 5.04. The first-order valence-corrected chi connectivity index (χ1v) is 9.77. The van der Waals surface area contributed by atoms with E-state index < -0.39 is 0 Å². The first-order valence-electron chi connectivity index (χ1n) is 9.77. The Hall–Kier alpha value is -2.93. The van der Waals surface area contributed by atoms with E-state index >= 15 is 0 Å². The van der Waals surface area contributed by atoms with E-state index in [1.165, 1.54) is 24.3 Å². The van der Waals surface area contributed by atoms with Gasteiger partial charge in [-0.1, -0.05) is 17.7 Å². The average Bonchev–Trinajstić information content (AvgIpc) is 2.69. The second-order valence-corrected chi connectivity index (χ2v) is 7.42. The molecule has 0 radical (unpaired) electrons. The van der Waals surface area contributed by atoms with Gasteiger partial charge in [0.15, 0.2) is 13.2 Å². The van der Waals surface area contributed by atoms with Crippen LogP contribution in [0.5, 0.6) is 5.75 Å². The fourth-order valence-corrected chi connectivity index (χ4v) is 3.41. The number of hydrogen-bond acceptors (Lipinski definition) is 3. The molecule has 1 saturated heterocycles. The number of carbonyl (C=O) groups is 2. The molecule has 1 fully saturated rings. The lowest BCUT2D eigenvalue weighted by molar-refractivity contribution is -0.895. The molecule has 2 amide bonds. The maximum Gasteiger partial charge on any atom is 0.279 e. The van der Waals surface area contributed by atoms with Crippen molar-refractivity contribution < 1.29 is 23.6 Å². The lowest BCUT2D eigenvalue weighted by atomic mass is 10.1. The minimum Gasteiger partial charge on any atom is -0.484 e. The van der Waals surface area contributed by atoms with Crippen LogP contribution < -0.4 is 15.0 Å². The highest BCUT2D eigenvalue weighted by Crippen LogP contribution is 2.18. The van der Waals surface area contributed by atoms with E-state index in [4.69, 9.17) is 4.74 Å². The SMILES string of the molecule is Cc1ccc(OCC(=O)N2CC[NH+](CC(=O)Nc3ccc(F)cc3)CC2)c(C)c1. The Kier molecular flexibility index (Phi) is 6.82. The van der Waals surface area contributed by atoms with E-state index in [9.17, 15) is 14.0 Å². The van der Waals surface area contributed by atoms with Crippen molar-refractivity contribution in [2.24, 2.45) is 0 Å². The zero-order valence-corrected chi connectivity index (χ0v) is 16.8. The van der Waals surface area contributed by atoms with Gasteiger partial charge in [-0.2, -0.15) is 0 Å². The van der Waals surface area contributed by atoms with Crippen molar-refractivity contribution in [3.63, 3.8) is 0 Å². The predicted molar refractivity (Wildman–Crippen MR) is 109 cm³/mol. The summed E-state index contributed by atoms with van der Waals surface area (Å²) in [4.78, 5) is 27.5. The Morgan fingerprint density at radius 3 is 2.45 bits per heavy atom. The molecular weight excluding hydrogens is 373 g/mol. The van der Waals surface area contributed by atoms with Gasteiger partial charge in [-0.05, 0) is 49.7 Å². The summed E-state index contributed by atoms with van der Waals surface area (Å²) in [5, 5.41) is 2.77. The van der Waals surface area contributed by atoms with Crippen molar-refractivity contribution in [1.82, 2.24) is 4.90 Å². The molecule has 7 heteroatoms. The standard InChI is InChI=1S/C22H26FN3O3/c1-16-3-8-20(17(2)13-16)29-15-22(28)26-11-9-25(10-12-26)14-21(27)24-19-6-4-18(23)5-7-19/h3-8,13H,9-12,14-15H2,1-2H3,(H,24,27)/p+1. The average molecular weight is 400 g/mol. The first-order chi connectivity index (χ1) is 13.9. The van der Waals surface area contributed by atoms with Crippen LogP contribution in [-0.4, -0.2) is 56.0 Å². The molecule has 2 aromatic carbocycles. The summed E-state index contributed by atoms with van der Waals surface area (Å²) in [6.45, 7) is 6.90. The number of amides is 2. The molecule has 1 heterocycles. The van der Waals surface area contributed by atoms with Gasteiger partial charge >= 0.3 is 0 Å². The highest BCUT2D eigenvalue weighted by atomic mass is 19.1. The Bertz CT molecular complexity index is 862. The van der Waals surface area contributed by atoms with Crippen molar-refractivity contribution in [2.45, 2.75) is 13.8 Å². The monoisotopic (exact) mass is 400 g/mol. The summed E-state index contributed by atoms with van der Waals surface area (Å²) < 4.78 is 18.6. The summed E-state index contributed by atoms with van der Waals surface area (Å²) >= 11 is 0. The molecule has 1 aliphatic heterocycles. The number of benzene rings is 2. The van der Waals surface area contributed by atoms with Gasteiger partial charge in [0.2, 0.25) is 0 Å². The third-order valence-electron chi connectivity index (χ3n) is 5.04. The maximum atomic E-state index is 12.9. The molecule has 0 bridgehead atoms. The van der Waals surface area contributed by atoms with Crippen molar-refractivity contribution in [3.05, 3.63) is 59.4 Å². The molecule has 0 spiro atoms. The van der Waals surface area contributed by atoms with E-state index in [0.717, 1.165) is 21.8 Å². The Labute approximate surface area is 170 Å². The predicted octanol–water partition coefficient (Wildman–Crippen LogP) is 1.19. The van der Waals surface area contributed by atoms with Crippen LogP contribution in [0.25, 0.3) is 0 Å². The van der Waals surface area contributed by atoms with E-state index in [0.29, 0.717) is 38.4 Å². The molecule has 0 atom stereocenters. The number of quaternary nitrogens is 1. The molecule has 0 saturated carbocycles. The fourth-order valence-electron chi connectivity index (χ4n) is 3.41. The molecule has 1 aliphatic rings. The van der Waals surface area contributed by atoms with E-state index in [2.05, 4.69) is 5.32 Å². The molecule has 6 nitrogen and oxygen atoms in total. The molecule has 2 aromatic rings. The third kappa shape index (κ3) is 6.02. The van der Waals surface area contributed by atoms with Gasteiger partial charge < -0.3 is 19.9 Å². The largest absolute Gasteiger partial charge is 0.484 e. The van der Waals surface area contributed by atoms with Crippen LogP contribution in [0.4, 0.5) is 10.1 Å². The number of carbonyl (C=O) groups excluding carboxylic acids is 2. The Balaban J connectivity index is 1.40. The number of nitrogens with one attached hydrogen (secondary N) is 2. The second kappa shape index (κ2) is 9.52. The number of aryl methyl sites for hydroxylation is 2. The summed E-state index contributed by atoms with van der Waals surface area (Å²) in [5.41, 5.74) is 2.75. The molecule has 154 valence electrons. The van der Waals surface area contributed by atoms with E-state index in [-0.39, 0.29) is 24.2 Å². The Morgan fingerprint density at radius 1 is 1.10 bits per heavy atom. The highest BCUT2D eigenvalue weighted by molar-refractivity contribution is 5.91. The number of nitrogens with zero attached hydrogens (tertiary/aromatic N) is 1. The van der Waals surface area contributed by atoms with E-state index in [1.54, 1.807) is 4.90 Å². The minimum absolute atomic E-state index is 0.0181. The summed E-state index contributed by atoms with van der Waals surface area (Å²) in [5.74, 6) is 0.228. The van der Waals surface area contributed by atoms with Crippen LogP contribution in [0.2, 0.25) is 0 Å². The van der Waals surface area contributed by atoms with Gasteiger partial charge in [-0.3, -0.25) is 9.59 Å². The smallest absolute Gasteiger partial charge is 0.279 e. The number of anilines is 1. The highest BCUT2D eigenvalue weighted by Gasteiger charge is 2.25. The number of ether oxygens (including phenoxy) is 1. The topological polar surface area (TPSA) is 63.1 Å². The number of halogens is 1. The molecule has 0 aliphatic carbocycles. The van der Waals surface area contributed by atoms with Crippen molar-refractivity contribution in [3.8, 4) is 5.75 Å². The zero-order chi connectivity index (χ0) is 20.8. The lowest BCUT2D eigenvalue weighted by Crippen LogP contribution is -3.15. The quantitative estimate of drug-likeness (QED) is 0.766. The summed E-state index contributed by atoms with van der Waals surface area (Å²) in [7, 11) is 0. The maximum absolute atomic E-state index is 12.9. The van der Waals surface area contributed by atoms with Gasteiger partial charge in [-0.15, -0.1) is 0 Å². The van der Waals surface area contributed by atoms with Crippen LogP contribution in [0, 0.1) is 19.7 Å². The van der Waals surface area contributed by atoms with E-state index in [1.807, 2.05) is 32.0 Å². The molecule has 3 rings (SSSR count). The molecule has 0 unspecified atom stereocenters. The van der Waals surface area contributed by atoms with Crippen molar-refractivity contribution in [1.29, 1.82) is 0 Å². The summed E-state index contributed by atoms with van der Waals surface area (Å²) in [6.07, 6.45) is 0. The summed E-state index contributed by atoms with van der Waals surface area (Å²) in [6, 6.07) is 11.6. The van der Waals surface area contributed by atoms with Gasteiger partial charge in [0, 0.05) is 5.69 Å². The lowest BCUT2D eigenvalue weighted by Gasteiger charge is -2.31. The van der Waals surface area contributed by atoms with Crippen molar-refractivity contribution >= 4 is 17.5 Å². The van der Waals surface area contributed by atoms with Crippen LogP contribution in [0.1, 0.15) is 11.1 Å². The number of rotatable bonds is 6. The number of piperazine rings is 1. The molecule has 29 heavy (non-hydrogen) atoms. The molecule has 2 N–H and O–H groups in total.